The molecule has 2 aromatic rings. The number of anilines is 2. The average Bonchev–Trinajstić information content (AvgIpc) is 3.77. The monoisotopic (exact) mass is 754 g/mol. The maximum Gasteiger partial charge on any atom is 0.409 e. The van der Waals surface area contributed by atoms with Gasteiger partial charge in [0.05, 0.1) is 30.9 Å². The van der Waals surface area contributed by atoms with Gasteiger partial charge in [-0.05, 0) is 57.0 Å². The number of methoxy groups -OCH3 is 2. The Bertz CT molecular complexity index is 1820. The zero-order valence-electron chi connectivity index (χ0n) is 30.9. The molecule has 2 fully saturated rings. The molecule has 4 bridgehead atoms. The van der Waals surface area contributed by atoms with Crippen LogP contribution in [0.3, 0.4) is 0 Å². The molecule has 53 heavy (non-hydrogen) atoms. The molecule has 5 rings (SSSR count). The van der Waals surface area contributed by atoms with Crippen molar-refractivity contribution in [3.05, 3.63) is 76.3 Å². The summed E-state index contributed by atoms with van der Waals surface area (Å²) >= 11 is 6.74. The van der Waals surface area contributed by atoms with Crippen LogP contribution in [-0.4, -0.2) is 104 Å². The molecule has 2 aromatic carbocycles. The molecule has 2 saturated heterocycles. The van der Waals surface area contributed by atoms with Crippen LogP contribution in [0.4, 0.5) is 16.2 Å². The van der Waals surface area contributed by atoms with Crippen molar-refractivity contribution in [2.75, 3.05) is 38.9 Å². The highest BCUT2D eigenvalue weighted by Gasteiger charge is 2.61. The predicted octanol–water partition coefficient (Wildman–Crippen LogP) is 4.16. The lowest BCUT2D eigenvalue weighted by Crippen LogP contribution is -2.62. The number of nitrogens with zero attached hydrogens (tertiary/aromatic N) is 2. The van der Waals surface area contributed by atoms with Gasteiger partial charge in [0.1, 0.15) is 40.7 Å². The highest BCUT2D eigenvalue weighted by molar-refractivity contribution is 6.35. The van der Waals surface area contributed by atoms with E-state index in [1.807, 2.05) is 13.0 Å². The second kappa shape index (κ2) is 15.8. The van der Waals surface area contributed by atoms with Crippen molar-refractivity contribution < 1.29 is 48.0 Å². The van der Waals surface area contributed by atoms with Crippen LogP contribution < -0.4 is 20.7 Å². The molecule has 0 radical (unpaired) electrons. The van der Waals surface area contributed by atoms with E-state index in [0.717, 1.165) is 11.1 Å². The quantitative estimate of drug-likeness (QED) is 0.219. The highest BCUT2D eigenvalue weighted by Crippen LogP contribution is 2.47. The summed E-state index contributed by atoms with van der Waals surface area (Å²) in [6.07, 6.45) is 0.965. The fraction of sp³-hybridized carbons (Fsp3) is 0.474. The van der Waals surface area contributed by atoms with E-state index in [9.17, 15) is 24.3 Å². The number of rotatable bonds is 6. The number of para-hydroxylation sites is 1. The Kier molecular flexibility index (Phi) is 11.8. The van der Waals surface area contributed by atoms with Crippen molar-refractivity contribution in [1.82, 2.24) is 10.2 Å². The Balaban J connectivity index is 1.50. The molecule has 3 aliphatic rings. The number of nitrogen functional groups attached to an aromatic ring is 1. The molecule has 0 unspecified atom stereocenters. The second-order valence-corrected chi connectivity index (χ2v) is 14.3. The predicted molar refractivity (Wildman–Crippen MR) is 197 cm³/mol. The largest absolute Gasteiger partial charge is 0.495 e. The molecule has 14 nitrogen and oxygen atoms in total. The van der Waals surface area contributed by atoms with Crippen molar-refractivity contribution in [2.24, 2.45) is 0 Å². The normalized spacial score (nSPS) is 29.7. The molecular formula is C38H47ClN4O10. The zero-order valence-corrected chi connectivity index (χ0v) is 31.6. The summed E-state index contributed by atoms with van der Waals surface area (Å²) in [6.45, 7) is 5.11. The number of fused-ring (bicyclic) bond motifs is 5. The number of halogens is 1. The Labute approximate surface area is 313 Å². The molecular weight excluding hydrogens is 708 g/mol. The van der Waals surface area contributed by atoms with Crippen molar-refractivity contribution in [2.45, 2.75) is 88.2 Å². The third-order valence-corrected chi connectivity index (χ3v) is 10.6. The molecule has 4 N–H and O–H groups in total. The van der Waals surface area contributed by atoms with Crippen LogP contribution in [0.2, 0.25) is 5.02 Å². The Morgan fingerprint density at radius 1 is 1.21 bits per heavy atom. The average molecular weight is 755 g/mol. The van der Waals surface area contributed by atoms with Crippen LogP contribution in [-0.2, 0) is 35.0 Å². The molecule has 3 heterocycles. The van der Waals surface area contributed by atoms with Gasteiger partial charge in [0.2, 0.25) is 5.91 Å². The number of benzene rings is 2. The lowest BCUT2D eigenvalue weighted by molar-refractivity contribution is -0.158. The standard InChI is InChI=1S/C38H47ClN4O10/c1-21-11-10-14-29(50-7)38(48)20-24(51-36(47)41-38)18-31-37(3,53-31)30(19-32(44)43(5)27-16-23(15-21)17-28(49-6)33(27)39)52-35(46)22(2)42(4)34(45)25-12-8-9-13-26(25)40/h8-14,16-17,22,24,29-31,48H,15,18-20,40H2,1-7H3,(H,41,47)/b14-10+,21-11+/t22-,24+,29+,30-,31-,37-,38-/m0/s1. The summed E-state index contributed by atoms with van der Waals surface area (Å²) in [5.41, 5.74) is 5.55. The number of nitrogens with two attached hydrogens (primary N) is 1. The number of nitrogens with one attached hydrogen (secondary N) is 1. The van der Waals surface area contributed by atoms with E-state index >= 15 is 0 Å². The topological polar surface area (TPSA) is 182 Å². The summed E-state index contributed by atoms with van der Waals surface area (Å²) in [6, 6.07) is 8.99. The maximum absolute atomic E-state index is 14.1. The number of likely N-dealkylation sites (N-methyl/N-ethyl adjacent to an activating group) is 1. The smallest absolute Gasteiger partial charge is 0.409 e. The molecule has 7 atom stereocenters. The number of alkyl carbamates (subject to hydrolysis) is 1. The summed E-state index contributed by atoms with van der Waals surface area (Å²) in [7, 11) is 5.92. The van der Waals surface area contributed by atoms with Crippen molar-refractivity contribution in [3.8, 4) is 5.75 Å². The Hall–Kier alpha value is -4.63. The third-order valence-electron chi connectivity index (χ3n) is 10.2. The first-order valence-corrected chi connectivity index (χ1v) is 17.6. The van der Waals surface area contributed by atoms with Crippen LogP contribution >= 0.6 is 11.6 Å². The van der Waals surface area contributed by atoms with Gasteiger partial charge in [-0.2, -0.15) is 0 Å². The summed E-state index contributed by atoms with van der Waals surface area (Å²) in [5, 5.41) is 14.3. The molecule has 0 aromatic heterocycles. The number of esters is 1. The van der Waals surface area contributed by atoms with E-state index in [1.165, 1.54) is 38.0 Å². The minimum Gasteiger partial charge on any atom is -0.495 e. The third kappa shape index (κ3) is 8.46. The number of allylic oxidation sites excluding steroid dienone is 3. The van der Waals surface area contributed by atoms with E-state index in [-0.39, 0.29) is 35.5 Å². The van der Waals surface area contributed by atoms with Crippen molar-refractivity contribution >= 4 is 46.9 Å². The number of amides is 3. The van der Waals surface area contributed by atoms with Crippen LogP contribution in [0.1, 0.15) is 56.0 Å². The van der Waals surface area contributed by atoms with Gasteiger partial charge < -0.3 is 44.3 Å². The highest BCUT2D eigenvalue weighted by atomic mass is 35.5. The van der Waals surface area contributed by atoms with Gasteiger partial charge in [-0.25, -0.2) is 9.59 Å². The Morgan fingerprint density at radius 3 is 2.60 bits per heavy atom. The fourth-order valence-corrected chi connectivity index (χ4v) is 7.02. The summed E-state index contributed by atoms with van der Waals surface area (Å²) < 4.78 is 28.9. The van der Waals surface area contributed by atoms with Crippen LogP contribution in [0.5, 0.6) is 5.75 Å². The first kappa shape index (κ1) is 39.6. The number of hydrogen-bond acceptors (Lipinski definition) is 11. The SMILES string of the molecule is COc1cc2cc(c1Cl)N(C)C(=O)C[C@H](OC(=O)[C@H](C)N(C)C(=O)c1ccccc1N)[C@]1(C)O[C@H]1C[C@@H]1C[C@@](O)(NC(=O)O1)[C@H](OC)/C=C/C=C(\C)C2. The van der Waals surface area contributed by atoms with E-state index in [1.54, 1.807) is 62.5 Å². The number of aliphatic hydroxyl groups is 1. The lowest BCUT2D eigenvalue weighted by Gasteiger charge is -2.40. The van der Waals surface area contributed by atoms with Crippen molar-refractivity contribution in [1.29, 1.82) is 0 Å². The van der Waals surface area contributed by atoms with E-state index in [0.29, 0.717) is 17.9 Å². The zero-order chi connectivity index (χ0) is 38.8. The van der Waals surface area contributed by atoms with Gasteiger partial charge in [0.15, 0.2) is 5.72 Å². The molecule has 286 valence electrons. The first-order chi connectivity index (χ1) is 25.0. The summed E-state index contributed by atoms with van der Waals surface area (Å²) in [5.74, 6) is -1.37. The van der Waals surface area contributed by atoms with Gasteiger partial charge in [0, 0.05) is 39.7 Å². The summed E-state index contributed by atoms with van der Waals surface area (Å²) in [4.78, 5) is 56.5. The van der Waals surface area contributed by atoms with Gasteiger partial charge in [0.25, 0.3) is 5.91 Å². The number of hydrogen-bond donors (Lipinski definition) is 3. The number of epoxide rings is 1. The van der Waals surface area contributed by atoms with Gasteiger partial charge in [-0.1, -0.05) is 47.5 Å². The number of carbonyl (C=O) groups excluding carboxylic acids is 4. The molecule has 0 aliphatic carbocycles. The first-order valence-electron chi connectivity index (χ1n) is 17.2. The maximum atomic E-state index is 14.1. The van der Waals surface area contributed by atoms with E-state index in [4.69, 9.17) is 41.0 Å². The molecule has 3 aliphatic heterocycles. The van der Waals surface area contributed by atoms with Crippen LogP contribution in [0.25, 0.3) is 0 Å². The number of carbonyl (C=O) groups is 4. The number of ether oxygens (including phenoxy) is 5. The van der Waals surface area contributed by atoms with E-state index in [2.05, 4.69) is 5.32 Å². The minimum absolute atomic E-state index is 0.0525. The molecule has 0 saturated carbocycles. The molecule has 15 heteroatoms. The van der Waals surface area contributed by atoms with E-state index < -0.39 is 65.7 Å². The van der Waals surface area contributed by atoms with Gasteiger partial charge in [-0.3, -0.25) is 14.9 Å². The lowest BCUT2D eigenvalue weighted by atomic mass is 9.90. The van der Waals surface area contributed by atoms with Crippen molar-refractivity contribution in [3.63, 3.8) is 0 Å². The molecule has 0 spiro atoms. The minimum atomic E-state index is -1.82. The van der Waals surface area contributed by atoms with Gasteiger partial charge >= 0.3 is 12.1 Å². The Morgan fingerprint density at radius 2 is 1.92 bits per heavy atom. The fourth-order valence-electron chi connectivity index (χ4n) is 6.71. The second-order valence-electron chi connectivity index (χ2n) is 13.9. The van der Waals surface area contributed by atoms with Crippen LogP contribution in [0, 0.1) is 0 Å². The molecule has 3 amide bonds. The van der Waals surface area contributed by atoms with Gasteiger partial charge in [-0.15, -0.1) is 0 Å². The van der Waals surface area contributed by atoms with Crippen LogP contribution in [0.15, 0.2) is 60.2 Å².